The molecule has 0 fully saturated rings. The van der Waals surface area contributed by atoms with Crippen LogP contribution in [0.15, 0.2) is 47.1 Å². The van der Waals surface area contributed by atoms with E-state index in [0.29, 0.717) is 15.2 Å². The number of benzene rings is 2. The topological polar surface area (TPSA) is 39.9 Å². The molecular weight excluding hydrogens is 374 g/mol. The largest absolute Gasteiger partial charge is 0.339 e. The minimum atomic E-state index is 0.552. The van der Waals surface area contributed by atoms with Crippen LogP contribution in [0, 0.1) is 11.3 Å². The molecule has 0 saturated carbocycles. The lowest BCUT2D eigenvalue weighted by molar-refractivity contribution is 0.997. The molecule has 0 spiro atoms. The molecular formula is C18H11BrClN3. The van der Waals surface area contributed by atoms with Crippen molar-refractivity contribution in [2.75, 3.05) is 11.4 Å². The van der Waals surface area contributed by atoms with E-state index in [1.807, 2.05) is 36.4 Å². The Morgan fingerprint density at radius 2 is 2.04 bits per heavy atom. The summed E-state index contributed by atoms with van der Waals surface area (Å²) in [5, 5.41) is 11.3. The van der Waals surface area contributed by atoms with E-state index in [4.69, 9.17) is 11.6 Å². The van der Waals surface area contributed by atoms with Crippen molar-refractivity contribution >= 4 is 49.8 Å². The Morgan fingerprint density at radius 3 is 2.87 bits per heavy atom. The van der Waals surface area contributed by atoms with Crippen molar-refractivity contribution in [2.45, 2.75) is 6.42 Å². The van der Waals surface area contributed by atoms with Gasteiger partial charge in [0.1, 0.15) is 16.2 Å². The minimum Gasteiger partial charge on any atom is -0.339 e. The van der Waals surface area contributed by atoms with Crippen LogP contribution in [0.4, 0.5) is 11.4 Å². The molecule has 1 aromatic heterocycles. The fraction of sp³-hybridized carbons (Fsp3) is 0.111. The zero-order valence-corrected chi connectivity index (χ0v) is 14.4. The molecule has 1 aliphatic rings. The molecule has 3 nitrogen and oxygen atoms in total. The van der Waals surface area contributed by atoms with Gasteiger partial charge in [-0.3, -0.25) is 0 Å². The van der Waals surface area contributed by atoms with Crippen molar-refractivity contribution in [1.29, 1.82) is 5.26 Å². The maximum atomic E-state index is 9.65. The van der Waals surface area contributed by atoms with Crippen LogP contribution in [-0.2, 0) is 6.42 Å². The molecule has 0 bridgehead atoms. The van der Waals surface area contributed by atoms with Gasteiger partial charge in [-0.25, -0.2) is 4.98 Å². The average Bonchev–Trinajstić information content (AvgIpc) is 2.96. The summed E-state index contributed by atoms with van der Waals surface area (Å²) in [5.74, 6) is 0. The van der Waals surface area contributed by atoms with E-state index in [2.05, 4.69) is 37.9 Å². The molecule has 0 radical (unpaired) electrons. The summed E-state index contributed by atoms with van der Waals surface area (Å²) >= 11 is 9.63. The Balaban J connectivity index is 2.04. The number of para-hydroxylation sites is 1. The molecule has 4 rings (SSSR count). The first-order valence-corrected chi connectivity index (χ1v) is 8.40. The fourth-order valence-electron chi connectivity index (χ4n) is 3.13. The number of aromatic nitrogens is 1. The van der Waals surface area contributed by atoms with Crippen LogP contribution in [0.3, 0.4) is 0 Å². The van der Waals surface area contributed by atoms with Gasteiger partial charge in [-0.2, -0.15) is 5.26 Å². The van der Waals surface area contributed by atoms with Crippen molar-refractivity contribution in [2.24, 2.45) is 0 Å². The van der Waals surface area contributed by atoms with E-state index in [0.717, 1.165) is 35.2 Å². The molecule has 0 N–H and O–H groups in total. The van der Waals surface area contributed by atoms with Gasteiger partial charge in [0.05, 0.1) is 11.2 Å². The van der Waals surface area contributed by atoms with Crippen LogP contribution < -0.4 is 4.90 Å². The van der Waals surface area contributed by atoms with Gasteiger partial charge in [-0.1, -0.05) is 35.9 Å². The number of hydrogen-bond donors (Lipinski definition) is 0. The lowest BCUT2D eigenvalue weighted by atomic mass is 10.1. The summed E-state index contributed by atoms with van der Waals surface area (Å²) in [6, 6.07) is 16.1. The van der Waals surface area contributed by atoms with E-state index < -0.39 is 0 Å². The van der Waals surface area contributed by atoms with Crippen LogP contribution in [0.2, 0.25) is 5.02 Å². The molecule has 0 atom stereocenters. The highest BCUT2D eigenvalue weighted by atomic mass is 79.9. The number of fused-ring (bicyclic) bond motifs is 2. The van der Waals surface area contributed by atoms with Crippen molar-refractivity contribution in [3.05, 3.63) is 63.2 Å². The lowest BCUT2D eigenvalue weighted by Gasteiger charge is -2.23. The number of pyridine rings is 1. The Bertz CT molecular complexity index is 978. The third-order valence-electron chi connectivity index (χ3n) is 4.15. The third-order valence-corrected chi connectivity index (χ3v) is 4.95. The molecule has 0 saturated heterocycles. The highest BCUT2D eigenvalue weighted by Crippen LogP contribution is 2.42. The van der Waals surface area contributed by atoms with Gasteiger partial charge in [0, 0.05) is 22.6 Å². The maximum Gasteiger partial charge on any atom is 0.126 e. The second-order valence-corrected chi connectivity index (χ2v) is 6.62. The van der Waals surface area contributed by atoms with Crippen LogP contribution in [-0.4, -0.2) is 11.5 Å². The Kier molecular flexibility index (Phi) is 3.48. The van der Waals surface area contributed by atoms with E-state index >= 15 is 0 Å². The summed E-state index contributed by atoms with van der Waals surface area (Å²) in [5.41, 5.74) is 4.62. The monoisotopic (exact) mass is 383 g/mol. The molecule has 0 aliphatic carbocycles. The molecule has 2 heterocycles. The number of nitrogens with zero attached hydrogens (tertiary/aromatic N) is 3. The van der Waals surface area contributed by atoms with Gasteiger partial charge >= 0.3 is 0 Å². The van der Waals surface area contributed by atoms with E-state index in [9.17, 15) is 5.26 Å². The van der Waals surface area contributed by atoms with Crippen LogP contribution in [0.25, 0.3) is 10.9 Å². The molecule has 2 aromatic carbocycles. The van der Waals surface area contributed by atoms with Crippen molar-refractivity contribution in [3.8, 4) is 6.07 Å². The van der Waals surface area contributed by atoms with Crippen LogP contribution in [0.1, 0.15) is 11.1 Å². The van der Waals surface area contributed by atoms with Crippen molar-refractivity contribution < 1.29 is 0 Å². The van der Waals surface area contributed by atoms with Crippen molar-refractivity contribution in [3.63, 3.8) is 0 Å². The van der Waals surface area contributed by atoms with E-state index in [1.54, 1.807) is 0 Å². The number of anilines is 2. The SMILES string of the molecule is N#Cc1c(Br)nc2ccccc2c1N1CCc2ccc(Cl)cc21. The van der Waals surface area contributed by atoms with Gasteiger partial charge in [0.15, 0.2) is 0 Å². The second-order valence-electron chi connectivity index (χ2n) is 5.43. The standard InChI is InChI=1S/C18H11BrClN3/c19-18-14(10-21)17(13-3-1-2-4-15(13)22-18)23-8-7-11-5-6-12(20)9-16(11)23/h1-6,9H,7-8H2. The predicted molar refractivity (Wildman–Crippen MR) is 96.3 cm³/mol. The van der Waals surface area contributed by atoms with Gasteiger partial charge < -0.3 is 4.90 Å². The number of rotatable bonds is 1. The smallest absolute Gasteiger partial charge is 0.126 e. The normalized spacial score (nSPS) is 13.2. The fourth-order valence-corrected chi connectivity index (χ4v) is 3.76. The quantitative estimate of drug-likeness (QED) is 0.540. The first-order chi connectivity index (χ1) is 11.2. The van der Waals surface area contributed by atoms with Crippen molar-refractivity contribution in [1.82, 2.24) is 4.98 Å². The van der Waals surface area contributed by atoms with E-state index in [1.165, 1.54) is 5.56 Å². The summed E-state index contributed by atoms with van der Waals surface area (Å²) in [6.45, 7) is 0.824. The maximum absolute atomic E-state index is 9.65. The predicted octanol–water partition coefficient (Wildman–Crippen LogP) is 5.22. The molecule has 3 aromatic rings. The zero-order valence-electron chi connectivity index (χ0n) is 12.1. The molecule has 0 unspecified atom stereocenters. The second kappa shape index (κ2) is 5.52. The highest BCUT2D eigenvalue weighted by Gasteiger charge is 2.26. The van der Waals surface area contributed by atoms with Gasteiger partial charge in [0.2, 0.25) is 0 Å². The summed E-state index contributed by atoms with van der Waals surface area (Å²) < 4.78 is 0.573. The lowest BCUT2D eigenvalue weighted by Crippen LogP contribution is -2.16. The number of halogens is 2. The summed E-state index contributed by atoms with van der Waals surface area (Å²) in [4.78, 5) is 6.67. The summed E-state index contributed by atoms with van der Waals surface area (Å²) in [6.07, 6.45) is 0.936. The average molecular weight is 385 g/mol. The Morgan fingerprint density at radius 1 is 1.22 bits per heavy atom. The molecule has 1 aliphatic heterocycles. The zero-order chi connectivity index (χ0) is 16.0. The Hall–Kier alpha value is -2.09. The first-order valence-electron chi connectivity index (χ1n) is 7.23. The first kappa shape index (κ1) is 14.5. The molecule has 23 heavy (non-hydrogen) atoms. The highest BCUT2D eigenvalue weighted by molar-refractivity contribution is 9.10. The number of hydrogen-bond acceptors (Lipinski definition) is 3. The molecule has 112 valence electrons. The minimum absolute atomic E-state index is 0.552. The summed E-state index contributed by atoms with van der Waals surface area (Å²) in [7, 11) is 0. The van der Waals surface area contributed by atoms with E-state index in [-0.39, 0.29) is 0 Å². The van der Waals surface area contributed by atoms with Gasteiger partial charge in [-0.15, -0.1) is 0 Å². The number of nitriles is 1. The van der Waals surface area contributed by atoms with Gasteiger partial charge in [0.25, 0.3) is 0 Å². The van der Waals surface area contributed by atoms with Crippen LogP contribution >= 0.6 is 27.5 Å². The van der Waals surface area contributed by atoms with Gasteiger partial charge in [-0.05, 0) is 46.1 Å². The molecule has 0 amide bonds. The third kappa shape index (κ3) is 2.28. The van der Waals surface area contributed by atoms with Crippen LogP contribution in [0.5, 0.6) is 0 Å². The molecule has 5 heteroatoms. The Labute approximate surface area is 147 Å².